The molecule has 0 aromatic carbocycles. The van der Waals surface area contributed by atoms with Crippen LogP contribution in [-0.4, -0.2) is 11.7 Å². The fraction of sp³-hybridized carbons (Fsp3) is 0.833. The average molecular weight is 131 g/mol. The van der Waals surface area contributed by atoms with Gasteiger partial charge in [0.1, 0.15) is 0 Å². The molecule has 0 aromatic heterocycles. The molecular formula is C6H11OS. The van der Waals surface area contributed by atoms with E-state index in [2.05, 4.69) is 24.7 Å². The highest BCUT2D eigenvalue weighted by Gasteiger charge is 1.95. The van der Waals surface area contributed by atoms with E-state index in [1.54, 1.807) is 0 Å². The molecule has 1 unspecified atom stereocenters. The third-order valence-electron chi connectivity index (χ3n) is 0.944. The predicted octanol–water partition coefficient (Wildman–Crippen LogP) is 2.03. The maximum atomic E-state index is 4.85. The second-order valence-corrected chi connectivity index (χ2v) is 1.97. The van der Waals surface area contributed by atoms with E-state index in [4.69, 9.17) is 4.74 Å². The zero-order valence-corrected chi connectivity index (χ0v) is 6.12. The lowest BCUT2D eigenvalue weighted by atomic mass is 10.2. The lowest BCUT2D eigenvalue weighted by Gasteiger charge is -2.05. The summed E-state index contributed by atoms with van der Waals surface area (Å²) in [6.07, 6.45) is 2.44. The average Bonchev–Trinajstić information content (AvgIpc) is 1.68. The fourth-order valence-corrected chi connectivity index (χ4v) is 0.712. The predicted molar refractivity (Wildman–Crippen MR) is 38.1 cm³/mol. The van der Waals surface area contributed by atoms with Gasteiger partial charge in [0.2, 0.25) is 5.55 Å². The van der Waals surface area contributed by atoms with Crippen LogP contribution in [0.3, 0.4) is 0 Å². The lowest BCUT2D eigenvalue weighted by molar-refractivity contribution is 0.213. The molecule has 0 aromatic rings. The Bertz CT molecular complexity index is 63.5. The molecule has 0 aliphatic carbocycles. The third kappa shape index (κ3) is 4.06. The van der Waals surface area contributed by atoms with Crippen molar-refractivity contribution in [1.82, 2.24) is 0 Å². The first-order chi connectivity index (χ1) is 3.81. The molecule has 0 N–H and O–H groups in total. The normalized spacial score (nSPS) is 12.8. The van der Waals surface area contributed by atoms with E-state index < -0.39 is 0 Å². The Morgan fingerprint density at radius 2 is 2.38 bits per heavy atom. The number of rotatable bonds is 4. The molecule has 0 aliphatic heterocycles. The molecule has 0 bridgehead atoms. The SMILES string of the molecule is CCCC(C)O[C]=S. The second-order valence-electron chi connectivity index (χ2n) is 1.80. The van der Waals surface area contributed by atoms with Crippen LogP contribution in [0.1, 0.15) is 26.7 Å². The molecule has 1 radical (unpaired) electrons. The fourth-order valence-electron chi connectivity index (χ4n) is 0.548. The molecule has 8 heavy (non-hydrogen) atoms. The minimum Gasteiger partial charge on any atom is -0.477 e. The van der Waals surface area contributed by atoms with Crippen LogP contribution in [-0.2, 0) is 4.74 Å². The first-order valence-electron chi connectivity index (χ1n) is 2.84. The van der Waals surface area contributed by atoms with Crippen LogP contribution in [0.4, 0.5) is 0 Å². The summed E-state index contributed by atoms with van der Waals surface area (Å²) in [5, 5.41) is 0. The zero-order chi connectivity index (χ0) is 6.41. The van der Waals surface area contributed by atoms with Gasteiger partial charge in [-0.1, -0.05) is 13.3 Å². The highest BCUT2D eigenvalue weighted by Crippen LogP contribution is 1.97. The lowest BCUT2D eigenvalue weighted by Crippen LogP contribution is -2.04. The smallest absolute Gasteiger partial charge is 0.239 e. The van der Waals surface area contributed by atoms with Gasteiger partial charge in [-0.2, -0.15) is 0 Å². The molecule has 0 spiro atoms. The van der Waals surface area contributed by atoms with Crippen molar-refractivity contribution in [2.75, 3.05) is 0 Å². The third-order valence-corrected chi connectivity index (χ3v) is 1.04. The first kappa shape index (κ1) is 7.89. The number of ether oxygens (including phenoxy) is 1. The molecular weight excluding hydrogens is 120 g/mol. The molecule has 0 fully saturated rings. The van der Waals surface area contributed by atoms with Gasteiger partial charge < -0.3 is 4.74 Å². The van der Waals surface area contributed by atoms with Crippen LogP contribution in [0.2, 0.25) is 0 Å². The van der Waals surface area contributed by atoms with E-state index in [1.165, 1.54) is 0 Å². The zero-order valence-electron chi connectivity index (χ0n) is 5.31. The molecule has 0 rings (SSSR count). The second kappa shape index (κ2) is 5.04. The minimum atomic E-state index is 0.248. The van der Waals surface area contributed by atoms with Gasteiger partial charge in [-0.3, -0.25) is 0 Å². The van der Waals surface area contributed by atoms with E-state index >= 15 is 0 Å². The largest absolute Gasteiger partial charge is 0.477 e. The van der Waals surface area contributed by atoms with Crippen LogP contribution in [0, 0.1) is 0 Å². The van der Waals surface area contributed by atoms with E-state index in [0.29, 0.717) is 0 Å². The van der Waals surface area contributed by atoms with Gasteiger partial charge >= 0.3 is 0 Å². The summed E-state index contributed by atoms with van der Waals surface area (Å²) in [7, 11) is 0. The quantitative estimate of drug-likeness (QED) is 0.540. The Morgan fingerprint density at radius 1 is 1.75 bits per heavy atom. The molecule has 0 amide bonds. The standard InChI is InChI=1S/C6H11OS/c1-3-4-6(2)7-5-8/h6H,3-4H2,1-2H3. The first-order valence-corrected chi connectivity index (χ1v) is 3.24. The van der Waals surface area contributed by atoms with Crippen molar-refractivity contribution in [3.8, 4) is 0 Å². The number of hydrogen-bond acceptors (Lipinski definition) is 2. The van der Waals surface area contributed by atoms with Crippen molar-refractivity contribution >= 4 is 17.8 Å². The maximum absolute atomic E-state index is 4.85. The van der Waals surface area contributed by atoms with E-state index in [0.717, 1.165) is 12.8 Å². The maximum Gasteiger partial charge on any atom is 0.239 e. The molecule has 0 aliphatic rings. The highest BCUT2D eigenvalue weighted by molar-refractivity contribution is 7.78. The Hall–Kier alpha value is -0.110. The van der Waals surface area contributed by atoms with Gasteiger partial charge in [-0.05, 0) is 25.6 Å². The Morgan fingerprint density at radius 3 is 2.75 bits per heavy atom. The highest BCUT2D eigenvalue weighted by atomic mass is 32.1. The number of thiocarbonyl (C=S) groups is 1. The van der Waals surface area contributed by atoms with Crippen molar-refractivity contribution in [1.29, 1.82) is 0 Å². The van der Waals surface area contributed by atoms with Crippen molar-refractivity contribution in [3.05, 3.63) is 0 Å². The summed E-state index contributed by atoms with van der Waals surface area (Å²) in [5.41, 5.74) is 2.24. The summed E-state index contributed by atoms with van der Waals surface area (Å²) in [6, 6.07) is 0. The van der Waals surface area contributed by atoms with E-state index in [9.17, 15) is 0 Å². The van der Waals surface area contributed by atoms with Crippen molar-refractivity contribution in [3.63, 3.8) is 0 Å². The van der Waals surface area contributed by atoms with Crippen LogP contribution in [0.25, 0.3) is 0 Å². The van der Waals surface area contributed by atoms with Gasteiger partial charge in [0.25, 0.3) is 0 Å². The molecule has 47 valence electrons. The van der Waals surface area contributed by atoms with Crippen LogP contribution in [0.15, 0.2) is 0 Å². The summed E-state index contributed by atoms with van der Waals surface area (Å²) in [6.45, 7) is 4.10. The van der Waals surface area contributed by atoms with Crippen molar-refractivity contribution in [2.45, 2.75) is 32.8 Å². The minimum absolute atomic E-state index is 0.248. The summed E-state index contributed by atoms with van der Waals surface area (Å²) in [4.78, 5) is 0. The van der Waals surface area contributed by atoms with Crippen LogP contribution < -0.4 is 0 Å². The van der Waals surface area contributed by atoms with E-state index in [-0.39, 0.29) is 6.10 Å². The Labute approximate surface area is 56.0 Å². The summed E-state index contributed by atoms with van der Waals surface area (Å²) >= 11 is 4.37. The molecule has 1 nitrogen and oxygen atoms in total. The molecule has 0 saturated heterocycles. The Kier molecular flexibility index (Phi) is 4.97. The van der Waals surface area contributed by atoms with Crippen molar-refractivity contribution < 1.29 is 4.74 Å². The molecule has 1 atom stereocenters. The van der Waals surface area contributed by atoms with Gasteiger partial charge in [0, 0.05) is 0 Å². The molecule has 0 saturated carbocycles. The number of hydrogen-bond donors (Lipinski definition) is 0. The van der Waals surface area contributed by atoms with Gasteiger partial charge in [0.05, 0.1) is 6.10 Å². The Balaban J connectivity index is 3.03. The van der Waals surface area contributed by atoms with Crippen LogP contribution in [0.5, 0.6) is 0 Å². The van der Waals surface area contributed by atoms with Gasteiger partial charge in [-0.25, -0.2) is 0 Å². The van der Waals surface area contributed by atoms with Crippen LogP contribution >= 0.6 is 12.2 Å². The summed E-state index contributed by atoms with van der Waals surface area (Å²) in [5.74, 6) is 0. The monoisotopic (exact) mass is 131 g/mol. The topological polar surface area (TPSA) is 9.23 Å². The molecule has 2 heteroatoms. The van der Waals surface area contributed by atoms with Gasteiger partial charge in [0.15, 0.2) is 0 Å². The van der Waals surface area contributed by atoms with Gasteiger partial charge in [-0.15, -0.1) is 0 Å². The van der Waals surface area contributed by atoms with E-state index in [1.807, 2.05) is 6.92 Å². The molecule has 0 heterocycles. The van der Waals surface area contributed by atoms with Crippen molar-refractivity contribution in [2.24, 2.45) is 0 Å². The summed E-state index contributed by atoms with van der Waals surface area (Å²) < 4.78 is 4.85.